The van der Waals surface area contributed by atoms with E-state index in [4.69, 9.17) is 0 Å². The lowest BCUT2D eigenvalue weighted by atomic mass is 9.98. The fourth-order valence-electron chi connectivity index (χ4n) is 1.82. The number of hydrogen-bond donors (Lipinski definition) is 1. The third-order valence-electron chi connectivity index (χ3n) is 2.84. The lowest BCUT2D eigenvalue weighted by molar-refractivity contribution is -0.148. The molecule has 1 rings (SSSR count). The van der Waals surface area contributed by atoms with Crippen LogP contribution in [-0.4, -0.2) is 28.9 Å². The van der Waals surface area contributed by atoms with Crippen molar-refractivity contribution in [1.29, 1.82) is 0 Å². The third kappa shape index (κ3) is 2.84. The van der Waals surface area contributed by atoms with Crippen LogP contribution in [0.2, 0.25) is 0 Å². The predicted octanol–water partition coefficient (Wildman–Crippen LogP) is 1.91. The Kier molecular flexibility index (Phi) is 3.89. The molecule has 0 heterocycles. The zero-order valence-corrected chi connectivity index (χ0v) is 10.5. The molecule has 0 spiro atoms. The van der Waals surface area contributed by atoms with Crippen LogP contribution < -0.4 is 0 Å². The van der Waals surface area contributed by atoms with Crippen LogP contribution in [-0.2, 0) is 9.59 Å². The van der Waals surface area contributed by atoms with Gasteiger partial charge in [-0.2, -0.15) is 0 Å². The van der Waals surface area contributed by atoms with E-state index in [1.165, 1.54) is 18.9 Å². The first-order valence-corrected chi connectivity index (χ1v) is 5.38. The molecule has 1 amide bonds. The van der Waals surface area contributed by atoms with E-state index in [9.17, 15) is 14.7 Å². The van der Waals surface area contributed by atoms with E-state index in [1.807, 2.05) is 26.0 Å². The molecule has 4 nitrogen and oxygen atoms in total. The quantitative estimate of drug-likeness (QED) is 0.870. The Hall–Kier alpha value is -1.84. The van der Waals surface area contributed by atoms with Gasteiger partial charge in [0.05, 0.1) is 0 Å². The highest BCUT2D eigenvalue weighted by Gasteiger charge is 2.27. The van der Waals surface area contributed by atoms with E-state index >= 15 is 0 Å². The van der Waals surface area contributed by atoms with E-state index in [1.54, 1.807) is 6.07 Å². The van der Waals surface area contributed by atoms with E-state index in [-0.39, 0.29) is 5.91 Å². The molecule has 1 aromatic rings. The van der Waals surface area contributed by atoms with Crippen molar-refractivity contribution < 1.29 is 14.7 Å². The fourth-order valence-corrected chi connectivity index (χ4v) is 1.82. The first-order chi connectivity index (χ1) is 7.84. The van der Waals surface area contributed by atoms with Gasteiger partial charge in [-0.05, 0) is 25.0 Å². The number of aliphatic carboxylic acids is 1. The maximum atomic E-state index is 11.3. The van der Waals surface area contributed by atoms with Gasteiger partial charge in [0.1, 0.15) is 0 Å². The van der Waals surface area contributed by atoms with Crippen molar-refractivity contribution in [1.82, 2.24) is 4.90 Å². The monoisotopic (exact) mass is 235 g/mol. The lowest BCUT2D eigenvalue weighted by Crippen LogP contribution is -2.34. The number of likely N-dealkylation sites (N-methyl/N-ethyl adjacent to an activating group) is 1. The number of amides is 1. The topological polar surface area (TPSA) is 57.6 Å². The largest absolute Gasteiger partial charge is 0.479 e. The van der Waals surface area contributed by atoms with Gasteiger partial charge in [0.2, 0.25) is 5.91 Å². The van der Waals surface area contributed by atoms with Crippen molar-refractivity contribution in [2.24, 2.45) is 0 Å². The predicted molar refractivity (Wildman–Crippen MR) is 64.7 cm³/mol. The maximum Gasteiger partial charge on any atom is 0.331 e. The Bertz CT molecular complexity index is 454. The maximum absolute atomic E-state index is 11.3. The molecule has 1 N–H and O–H groups in total. The molecule has 17 heavy (non-hydrogen) atoms. The van der Waals surface area contributed by atoms with Crippen LogP contribution in [0.3, 0.4) is 0 Å². The SMILES string of the molecule is CC(=O)N(C)C(C(=O)O)c1ccc(C)cc1C. The van der Waals surface area contributed by atoms with Crippen molar-refractivity contribution >= 4 is 11.9 Å². The summed E-state index contributed by atoms with van der Waals surface area (Å²) in [5, 5.41) is 9.25. The molecule has 4 heteroatoms. The van der Waals surface area contributed by atoms with Gasteiger partial charge in [-0.3, -0.25) is 4.79 Å². The minimum Gasteiger partial charge on any atom is -0.479 e. The molecule has 0 fully saturated rings. The van der Waals surface area contributed by atoms with Crippen molar-refractivity contribution in [3.8, 4) is 0 Å². The van der Waals surface area contributed by atoms with Gasteiger partial charge in [-0.1, -0.05) is 23.8 Å². The van der Waals surface area contributed by atoms with Gasteiger partial charge >= 0.3 is 5.97 Å². The highest BCUT2D eigenvalue weighted by Crippen LogP contribution is 2.24. The van der Waals surface area contributed by atoms with Crippen molar-refractivity contribution in [3.63, 3.8) is 0 Å². The van der Waals surface area contributed by atoms with Gasteiger partial charge in [-0.15, -0.1) is 0 Å². The highest BCUT2D eigenvalue weighted by atomic mass is 16.4. The van der Waals surface area contributed by atoms with Crippen LogP contribution >= 0.6 is 0 Å². The van der Waals surface area contributed by atoms with Gasteiger partial charge < -0.3 is 10.0 Å². The summed E-state index contributed by atoms with van der Waals surface area (Å²) in [6.07, 6.45) is 0. The third-order valence-corrected chi connectivity index (χ3v) is 2.84. The van der Waals surface area contributed by atoms with Crippen LogP contribution in [0.1, 0.15) is 29.7 Å². The molecular weight excluding hydrogens is 218 g/mol. The zero-order chi connectivity index (χ0) is 13.2. The summed E-state index contributed by atoms with van der Waals surface area (Å²) in [4.78, 5) is 23.8. The molecular formula is C13H17NO3. The van der Waals surface area contributed by atoms with Crippen LogP contribution in [0.5, 0.6) is 0 Å². The lowest BCUT2D eigenvalue weighted by Gasteiger charge is -2.25. The normalized spacial score (nSPS) is 12.0. The number of hydrogen-bond acceptors (Lipinski definition) is 2. The van der Waals surface area contributed by atoms with Crippen LogP contribution in [0, 0.1) is 13.8 Å². The average molecular weight is 235 g/mol. The number of carboxylic acids is 1. The number of benzene rings is 1. The first-order valence-electron chi connectivity index (χ1n) is 5.38. The van der Waals surface area contributed by atoms with E-state index in [2.05, 4.69) is 0 Å². The summed E-state index contributed by atoms with van der Waals surface area (Å²) >= 11 is 0. The Morgan fingerprint density at radius 2 is 1.88 bits per heavy atom. The second-order valence-electron chi connectivity index (χ2n) is 4.23. The Labute approximate surface area is 101 Å². The van der Waals surface area contributed by atoms with E-state index < -0.39 is 12.0 Å². The fraction of sp³-hybridized carbons (Fsp3) is 0.385. The second kappa shape index (κ2) is 4.99. The van der Waals surface area contributed by atoms with Gasteiger partial charge in [0, 0.05) is 14.0 Å². The van der Waals surface area contributed by atoms with Gasteiger partial charge in [0.25, 0.3) is 0 Å². The standard InChI is InChI=1S/C13H17NO3/c1-8-5-6-11(9(2)7-8)12(13(16)17)14(4)10(3)15/h5-7,12H,1-4H3,(H,16,17). The number of rotatable bonds is 3. The molecule has 1 aromatic carbocycles. The molecule has 1 atom stereocenters. The summed E-state index contributed by atoms with van der Waals surface area (Å²) in [6, 6.07) is 4.61. The Morgan fingerprint density at radius 3 is 2.29 bits per heavy atom. The van der Waals surface area contributed by atoms with Crippen LogP contribution in [0.25, 0.3) is 0 Å². The molecule has 0 radical (unpaired) electrons. The number of carboxylic acid groups (broad SMARTS) is 1. The van der Waals surface area contributed by atoms with E-state index in [0.29, 0.717) is 5.56 Å². The summed E-state index contributed by atoms with van der Waals surface area (Å²) in [7, 11) is 1.50. The Balaban J connectivity index is 3.23. The smallest absolute Gasteiger partial charge is 0.331 e. The van der Waals surface area contributed by atoms with Gasteiger partial charge in [-0.25, -0.2) is 4.79 Å². The molecule has 1 unspecified atom stereocenters. The molecule has 0 aliphatic rings. The average Bonchev–Trinajstić information content (AvgIpc) is 2.20. The second-order valence-corrected chi connectivity index (χ2v) is 4.23. The first kappa shape index (κ1) is 13.2. The summed E-state index contributed by atoms with van der Waals surface area (Å²) in [5.74, 6) is -1.29. The molecule has 0 bridgehead atoms. The van der Waals surface area contributed by atoms with Crippen molar-refractivity contribution in [2.45, 2.75) is 26.8 Å². The molecule has 0 saturated heterocycles. The van der Waals surface area contributed by atoms with Crippen molar-refractivity contribution in [2.75, 3.05) is 7.05 Å². The minimum atomic E-state index is -1.02. The number of carbonyl (C=O) groups is 2. The highest BCUT2D eigenvalue weighted by molar-refractivity contribution is 5.83. The number of nitrogens with zero attached hydrogens (tertiary/aromatic N) is 1. The summed E-state index contributed by atoms with van der Waals surface area (Å²) in [6.45, 7) is 5.16. The number of aryl methyl sites for hydroxylation is 2. The van der Waals surface area contributed by atoms with E-state index in [0.717, 1.165) is 11.1 Å². The number of carbonyl (C=O) groups excluding carboxylic acids is 1. The molecule has 0 saturated carbocycles. The molecule has 0 aliphatic heterocycles. The van der Waals surface area contributed by atoms with Gasteiger partial charge in [0.15, 0.2) is 6.04 Å². The summed E-state index contributed by atoms with van der Waals surface area (Å²) in [5.41, 5.74) is 2.60. The van der Waals surface area contributed by atoms with Crippen LogP contribution in [0.4, 0.5) is 0 Å². The summed E-state index contributed by atoms with van der Waals surface area (Å²) < 4.78 is 0. The molecule has 0 aromatic heterocycles. The Morgan fingerprint density at radius 1 is 1.29 bits per heavy atom. The molecule has 92 valence electrons. The minimum absolute atomic E-state index is 0.266. The molecule has 0 aliphatic carbocycles. The van der Waals surface area contributed by atoms with Crippen LogP contribution in [0.15, 0.2) is 18.2 Å². The zero-order valence-electron chi connectivity index (χ0n) is 10.5. The van der Waals surface area contributed by atoms with Crippen molar-refractivity contribution in [3.05, 3.63) is 34.9 Å².